The van der Waals surface area contributed by atoms with Crippen LogP contribution < -0.4 is 5.32 Å². The van der Waals surface area contributed by atoms with Crippen LogP contribution in [-0.2, 0) is 0 Å². The second-order valence-corrected chi connectivity index (χ2v) is 7.19. The Kier molecular flexibility index (Phi) is 6.62. The van der Waals surface area contributed by atoms with Gasteiger partial charge in [-0.1, -0.05) is 30.3 Å². The molecule has 1 N–H and O–H groups in total. The minimum absolute atomic E-state index is 0.0194. The quantitative estimate of drug-likeness (QED) is 0.818. The summed E-state index contributed by atoms with van der Waals surface area (Å²) in [4.78, 5) is 14.4. The number of rotatable bonds is 6. The summed E-state index contributed by atoms with van der Waals surface area (Å²) in [6, 6.07) is 14.9. The van der Waals surface area contributed by atoms with E-state index in [-0.39, 0.29) is 17.6 Å². The van der Waals surface area contributed by atoms with Crippen LogP contribution in [0.15, 0.2) is 48.5 Å². The van der Waals surface area contributed by atoms with Crippen molar-refractivity contribution in [2.45, 2.75) is 32.6 Å². The average Bonchev–Trinajstić information content (AvgIpc) is 2.72. The highest BCUT2D eigenvalue weighted by Crippen LogP contribution is 2.38. The van der Waals surface area contributed by atoms with Crippen molar-refractivity contribution >= 4 is 5.91 Å². The van der Waals surface area contributed by atoms with Crippen molar-refractivity contribution in [2.75, 3.05) is 26.2 Å². The molecular formula is C23H29FN2O. The summed E-state index contributed by atoms with van der Waals surface area (Å²) >= 11 is 0. The predicted octanol–water partition coefficient (Wildman–Crippen LogP) is 4.44. The van der Waals surface area contributed by atoms with Gasteiger partial charge in [0.15, 0.2) is 0 Å². The van der Waals surface area contributed by atoms with Crippen LogP contribution in [0.2, 0.25) is 0 Å². The van der Waals surface area contributed by atoms with Crippen molar-refractivity contribution in [3.63, 3.8) is 0 Å². The Morgan fingerprint density at radius 3 is 2.30 bits per heavy atom. The first-order valence-electron chi connectivity index (χ1n) is 10.00. The van der Waals surface area contributed by atoms with Crippen LogP contribution in [0.3, 0.4) is 0 Å². The summed E-state index contributed by atoms with van der Waals surface area (Å²) in [6.07, 6.45) is 2.05. The molecule has 1 heterocycles. The second-order valence-electron chi connectivity index (χ2n) is 7.19. The van der Waals surface area contributed by atoms with Crippen molar-refractivity contribution < 1.29 is 9.18 Å². The van der Waals surface area contributed by atoms with Crippen LogP contribution in [-0.4, -0.2) is 37.0 Å². The Labute approximate surface area is 161 Å². The van der Waals surface area contributed by atoms with E-state index in [9.17, 15) is 9.18 Å². The second kappa shape index (κ2) is 9.14. The van der Waals surface area contributed by atoms with E-state index in [4.69, 9.17) is 0 Å². The molecule has 3 nitrogen and oxygen atoms in total. The highest BCUT2D eigenvalue weighted by atomic mass is 19.1. The van der Waals surface area contributed by atoms with E-state index in [1.165, 1.54) is 0 Å². The Balaban J connectivity index is 1.93. The lowest BCUT2D eigenvalue weighted by molar-refractivity contribution is 0.0773. The van der Waals surface area contributed by atoms with E-state index in [0.717, 1.165) is 37.1 Å². The molecule has 1 atom stereocenters. The molecular weight excluding hydrogens is 339 g/mol. The van der Waals surface area contributed by atoms with Gasteiger partial charge >= 0.3 is 0 Å². The maximum absolute atomic E-state index is 14.6. The van der Waals surface area contributed by atoms with E-state index >= 15 is 0 Å². The molecule has 0 radical (unpaired) electrons. The zero-order valence-electron chi connectivity index (χ0n) is 16.2. The van der Waals surface area contributed by atoms with Gasteiger partial charge < -0.3 is 10.2 Å². The molecule has 3 rings (SSSR count). The van der Waals surface area contributed by atoms with Crippen molar-refractivity contribution in [3.05, 3.63) is 71.0 Å². The third kappa shape index (κ3) is 4.38. The number of hydrogen-bond acceptors (Lipinski definition) is 2. The lowest BCUT2D eigenvalue weighted by Crippen LogP contribution is -2.32. The molecule has 2 aromatic carbocycles. The first kappa shape index (κ1) is 19.6. The molecule has 0 aromatic heterocycles. The number of halogens is 1. The van der Waals surface area contributed by atoms with Gasteiger partial charge in [0.2, 0.25) is 0 Å². The molecule has 1 amide bonds. The van der Waals surface area contributed by atoms with Gasteiger partial charge in [-0.15, -0.1) is 0 Å². The van der Waals surface area contributed by atoms with Crippen LogP contribution in [0.25, 0.3) is 0 Å². The van der Waals surface area contributed by atoms with Crippen LogP contribution in [0.1, 0.15) is 54.1 Å². The maximum atomic E-state index is 14.6. The normalized spacial score (nSPS) is 16.1. The average molecular weight is 368 g/mol. The Morgan fingerprint density at radius 2 is 1.70 bits per heavy atom. The molecule has 1 unspecified atom stereocenters. The van der Waals surface area contributed by atoms with E-state index < -0.39 is 0 Å². The lowest BCUT2D eigenvalue weighted by atomic mass is 9.76. The third-order valence-electron chi connectivity index (χ3n) is 5.66. The summed E-state index contributed by atoms with van der Waals surface area (Å²) in [5.41, 5.74) is 2.54. The molecule has 1 saturated heterocycles. The number of nitrogens with zero attached hydrogens (tertiary/aromatic N) is 1. The van der Waals surface area contributed by atoms with Crippen molar-refractivity contribution in [2.24, 2.45) is 5.92 Å². The molecule has 27 heavy (non-hydrogen) atoms. The topological polar surface area (TPSA) is 32.3 Å². The Morgan fingerprint density at radius 1 is 1.07 bits per heavy atom. The molecule has 4 heteroatoms. The first-order valence-corrected chi connectivity index (χ1v) is 10.00. The van der Waals surface area contributed by atoms with Crippen LogP contribution >= 0.6 is 0 Å². The smallest absolute Gasteiger partial charge is 0.253 e. The molecule has 0 saturated carbocycles. The molecule has 1 fully saturated rings. The Hall–Kier alpha value is -2.20. The van der Waals surface area contributed by atoms with E-state index in [1.54, 1.807) is 12.1 Å². The summed E-state index contributed by atoms with van der Waals surface area (Å²) in [5, 5.41) is 3.39. The predicted molar refractivity (Wildman–Crippen MR) is 108 cm³/mol. The zero-order chi connectivity index (χ0) is 19.2. The van der Waals surface area contributed by atoms with E-state index in [1.807, 2.05) is 55.1 Å². The fraction of sp³-hybridized carbons (Fsp3) is 0.435. The van der Waals surface area contributed by atoms with Gasteiger partial charge in [0.1, 0.15) is 5.82 Å². The number of benzene rings is 2. The van der Waals surface area contributed by atoms with Gasteiger partial charge in [-0.25, -0.2) is 4.39 Å². The molecule has 2 aromatic rings. The fourth-order valence-electron chi connectivity index (χ4n) is 4.14. The van der Waals surface area contributed by atoms with E-state index in [2.05, 4.69) is 5.32 Å². The van der Waals surface area contributed by atoms with Gasteiger partial charge in [-0.3, -0.25) is 4.79 Å². The molecule has 0 aliphatic carbocycles. The number of piperidine rings is 1. The summed E-state index contributed by atoms with van der Waals surface area (Å²) < 4.78 is 14.6. The highest BCUT2D eigenvalue weighted by molar-refractivity contribution is 5.94. The molecule has 1 aliphatic heterocycles. The summed E-state index contributed by atoms with van der Waals surface area (Å²) in [6.45, 7) is 7.30. The molecule has 1 aliphatic rings. The maximum Gasteiger partial charge on any atom is 0.253 e. The molecule has 144 valence electrons. The summed E-state index contributed by atoms with van der Waals surface area (Å²) in [7, 11) is 0. The number of nitrogens with one attached hydrogen (secondary N) is 1. The van der Waals surface area contributed by atoms with Gasteiger partial charge in [0.25, 0.3) is 5.91 Å². The highest BCUT2D eigenvalue weighted by Gasteiger charge is 2.28. The zero-order valence-corrected chi connectivity index (χ0v) is 16.2. The standard InChI is InChI=1S/C23H29FN2O/c1-3-26(4-2)23(27)19-11-9-17(10-12-19)22(18-13-15-25-16-14-18)20-7-5-6-8-21(20)24/h5-12,18,22,25H,3-4,13-16H2,1-2H3. The van der Waals surface area contributed by atoms with Crippen LogP contribution in [0.4, 0.5) is 4.39 Å². The van der Waals surface area contributed by atoms with Crippen molar-refractivity contribution in [1.29, 1.82) is 0 Å². The number of carbonyl (C=O) groups is 1. The SMILES string of the molecule is CCN(CC)C(=O)c1ccc(C(c2ccccc2F)C2CCNCC2)cc1. The first-order chi connectivity index (χ1) is 13.2. The van der Waals surface area contributed by atoms with Gasteiger partial charge in [-0.05, 0) is 75.0 Å². The minimum atomic E-state index is -0.149. The van der Waals surface area contributed by atoms with Crippen LogP contribution in [0, 0.1) is 11.7 Å². The fourth-order valence-corrected chi connectivity index (χ4v) is 4.14. The third-order valence-corrected chi connectivity index (χ3v) is 5.66. The molecule has 0 bridgehead atoms. The largest absolute Gasteiger partial charge is 0.339 e. The summed E-state index contributed by atoms with van der Waals surface area (Å²) in [5.74, 6) is 0.318. The molecule has 0 spiro atoms. The van der Waals surface area contributed by atoms with Gasteiger partial charge in [0, 0.05) is 24.6 Å². The minimum Gasteiger partial charge on any atom is -0.339 e. The van der Waals surface area contributed by atoms with Gasteiger partial charge in [0.05, 0.1) is 0 Å². The number of hydrogen-bond donors (Lipinski definition) is 1. The van der Waals surface area contributed by atoms with Crippen LogP contribution in [0.5, 0.6) is 0 Å². The number of amides is 1. The monoisotopic (exact) mass is 368 g/mol. The van der Waals surface area contributed by atoms with Crippen molar-refractivity contribution in [3.8, 4) is 0 Å². The Bertz CT molecular complexity index is 749. The van der Waals surface area contributed by atoms with Gasteiger partial charge in [-0.2, -0.15) is 0 Å². The van der Waals surface area contributed by atoms with E-state index in [0.29, 0.717) is 24.6 Å². The lowest BCUT2D eigenvalue weighted by Gasteiger charge is -2.32. The van der Waals surface area contributed by atoms with Crippen molar-refractivity contribution in [1.82, 2.24) is 10.2 Å². The number of carbonyl (C=O) groups excluding carboxylic acids is 1.